The third-order valence-corrected chi connectivity index (χ3v) is 5.33. The first-order valence-corrected chi connectivity index (χ1v) is 10.5. The van der Waals surface area contributed by atoms with Crippen molar-refractivity contribution < 1.29 is 20.4 Å². The van der Waals surface area contributed by atoms with Crippen LogP contribution in [0.5, 0.6) is 0 Å². The minimum absolute atomic E-state index is 0.0255. The number of nitrogens with one attached hydrogen (secondary N) is 6. The van der Waals surface area contributed by atoms with Gasteiger partial charge in [-0.05, 0) is 13.8 Å². The number of aromatic nitrogens is 4. The number of rotatable bonds is 4. The lowest BCUT2D eigenvalue weighted by atomic mass is 10.0. The molecule has 34 heavy (non-hydrogen) atoms. The third-order valence-electron chi connectivity index (χ3n) is 5.33. The van der Waals surface area contributed by atoms with Crippen molar-refractivity contribution in [2.24, 2.45) is 0 Å². The fourth-order valence-corrected chi connectivity index (χ4v) is 3.48. The van der Waals surface area contributed by atoms with Crippen LogP contribution in [0.3, 0.4) is 0 Å². The van der Waals surface area contributed by atoms with Crippen molar-refractivity contribution >= 4 is 34.9 Å². The van der Waals surface area contributed by atoms with E-state index in [4.69, 9.17) is 11.5 Å². The molecule has 0 amide bonds. The number of nitrogens with zero attached hydrogens (tertiary/aromatic N) is 2. The number of aromatic amines is 2. The largest absolute Gasteiger partial charge is 0.391 e. The molecule has 0 aromatic carbocycles. The Morgan fingerprint density at radius 2 is 1.12 bits per heavy atom. The molecule has 0 spiro atoms. The maximum atomic E-state index is 11.6. The zero-order chi connectivity index (χ0) is 25.2. The highest BCUT2D eigenvalue weighted by molar-refractivity contribution is 5.68. The van der Waals surface area contributed by atoms with Crippen LogP contribution in [0, 0.1) is 0 Å². The second-order valence-corrected chi connectivity index (χ2v) is 8.08. The van der Waals surface area contributed by atoms with Crippen molar-refractivity contribution in [3.05, 3.63) is 20.7 Å². The van der Waals surface area contributed by atoms with E-state index in [1.165, 1.54) is 13.8 Å². The van der Waals surface area contributed by atoms with Crippen molar-refractivity contribution in [2.75, 3.05) is 45.8 Å². The zero-order valence-corrected chi connectivity index (χ0v) is 18.5. The molecule has 2 aromatic rings. The van der Waals surface area contributed by atoms with Crippen LogP contribution < -0.4 is 43.9 Å². The van der Waals surface area contributed by atoms with Crippen LogP contribution in [-0.2, 0) is 0 Å². The van der Waals surface area contributed by atoms with Crippen molar-refractivity contribution in [1.29, 1.82) is 0 Å². The van der Waals surface area contributed by atoms with Crippen molar-refractivity contribution in [2.45, 2.75) is 50.3 Å². The number of aliphatic hydroxyl groups is 4. The van der Waals surface area contributed by atoms with Gasteiger partial charge in [-0.15, -0.1) is 0 Å². The highest BCUT2D eigenvalue weighted by Crippen LogP contribution is 2.22. The fraction of sp³-hybridized carbons (Fsp3) is 0.556. The SMILES string of the molecule is C[C@H](O)[C@H](O)[C@@H]1CNc2nc(N)[nH]c(=O)c2N1.C[C@H](O)[C@H](O)[C@H]1CNc2nc(N)[nH]c(=O)c2N1. The number of aliphatic hydroxyl groups excluding tert-OH is 4. The Labute approximate surface area is 192 Å². The van der Waals surface area contributed by atoms with Crippen LogP contribution in [0.1, 0.15) is 13.8 Å². The van der Waals surface area contributed by atoms with Crippen molar-refractivity contribution in [1.82, 2.24) is 19.9 Å². The molecular weight excluding hydrogens is 452 g/mol. The number of nitrogen functional groups attached to an aromatic ring is 2. The number of fused-ring (bicyclic) bond motifs is 2. The summed E-state index contributed by atoms with van der Waals surface area (Å²) < 4.78 is 0. The van der Waals surface area contributed by atoms with Gasteiger partial charge in [-0.2, -0.15) is 9.97 Å². The van der Waals surface area contributed by atoms with Crippen LogP contribution in [0.15, 0.2) is 9.59 Å². The molecule has 2 aromatic heterocycles. The van der Waals surface area contributed by atoms with Gasteiger partial charge in [-0.1, -0.05) is 0 Å². The van der Waals surface area contributed by atoms with E-state index in [-0.39, 0.29) is 23.3 Å². The minimum atomic E-state index is -0.979. The quantitative estimate of drug-likeness (QED) is 0.202. The molecule has 4 rings (SSSR count). The Bertz CT molecular complexity index is 1030. The van der Waals surface area contributed by atoms with Crippen LogP contribution in [0.2, 0.25) is 0 Å². The first-order valence-electron chi connectivity index (χ1n) is 10.5. The summed E-state index contributed by atoms with van der Waals surface area (Å²) in [6.07, 6.45) is -3.74. The average molecular weight is 483 g/mol. The van der Waals surface area contributed by atoms with Gasteiger partial charge in [0.05, 0.1) is 24.3 Å². The lowest BCUT2D eigenvalue weighted by molar-refractivity contribution is 0.0214. The van der Waals surface area contributed by atoms with Crippen LogP contribution in [-0.4, -0.2) is 90.0 Å². The molecule has 0 saturated carbocycles. The Hall–Kier alpha value is -3.60. The van der Waals surface area contributed by atoms with Gasteiger partial charge in [0.15, 0.2) is 11.6 Å². The summed E-state index contributed by atoms with van der Waals surface area (Å²) in [6.45, 7) is 3.64. The molecular formula is C18H30N10O6. The van der Waals surface area contributed by atoms with E-state index in [0.717, 1.165) is 0 Å². The summed E-state index contributed by atoms with van der Waals surface area (Å²) in [5, 5.41) is 49.5. The van der Waals surface area contributed by atoms with Crippen molar-refractivity contribution in [3.63, 3.8) is 0 Å². The van der Waals surface area contributed by atoms with Gasteiger partial charge in [0.2, 0.25) is 11.9 Å². The molecule has 2 aliphatic rings. The van der Waals surface area contributed by atoms with Crippen LogP contribution in [0.4, 0.5) is 34.9 Å². The zero-order valence-electron chi connectivity index (χ0n) is 18.5. The normalized spacial score (nSPS) is 21.9. The maximum Gasteiger partial charge on any atom is 0.277 e. The van der Waals surface area contributed by atoms with E-state index >= 15 is 0 Å². The molecule has 0 fully saturated rings. The molecule has 2 aliphatic heterocycles. The predicted molar refractivity (Wildman–Crippen MR) is 126 cm³/mol. The Kier molecular flexibility index (Phi) is 7.45. The molecule has 0 unspecified atom stereocenters. The molecule has 16 nitrogen and oxygen atoms in total. The molecule has 0 radical (unpaired) electrons. The second kappa shape index (κ2) is 10.1. The number of nitrogens with two attached hydrogens (primary N) is 2. The molecule has 0 bridgehead atoms. The molecule has 16 heteroatoms. The lowest BCUT2D eigenvalue weighted by Gasteiger charge is -2.31. The van der Waals surface area contributed by atoms with Crippen LogP contribution in [0.25, 0.3) is 0 Å². The first-order chi connectivity index (χ1) is 16.0. The molecule has 14 N–H and O–H groups in total. The van der Waals surface area contributed by atoms with Gasteiger partial charge in [-0.3, -0.25) is 19.6 Å². The summed E-state index contributed by atoms with van der Waals surface area (Å²) in [5.41, 5.74) is 10.4. The Balaban J connectivity index is 0.000000191. The van der Waals surface area contributed by atoms with Crippen molar-refractivity contribution in [3.8, 4) is 0 Å². The van der Waals surface area contributed by atoms with E-state index in [2.05, 4.69) is 41.2 Å². The van der Waals surface area contributed by atoms with E-state index in [9.17, 15) is 30.0 Å². The summed E-state index contributed by atoms with van der Waals surface area (Å²) in [7, 11) is 0. The molecule has 4 heterocycles. The van der Waals surface area contributed by atoms with Gasteiger partial charge >= 0.3 is 0 Å². The predicted octanol–water partition coefficient (Wildman–Crippen LogP) is -3.40. The topological polar surface area (TPSA) is 273 Å². The van der Waals surface area contributed by atoms with E-state index in [1.54, 1.807) is 0 Å². The van der Waals surface area contributed by atoms with Gasteiger partial charge in [0, 0.05) is 13.1 Å². The highest BCUT2D eigenvalue weighted by atomic mass is 16.3. The third kappa shape index (κ3) is 5.48. The summed E-state index contributed by atoms with van der Waals surface area (Å²) in [6, 6.07) is -0.928. The van der Waals surface area contributed by atoms with Crippen LogP contribution >= 0.6 is 0 Å². The first kappa shape index (κ1) is 25.0. The van der Waals surface area contributed by atoms with Gasteiger partial charge in [0.1, 0.15) is 23.6 Å². The van der Waals surface area contributed by atoms with Gasteiger partial charge < -0.3 is 53.2 Å². The smallest absolute Gasteiger partial charge is 0.277 e. The average Bonchev–Trinajstić information content (AvgIpc) is 2.77. The number of H-pyrrole nitrogens is 2. The Morgan fingerprint density at radius 3 is 1.44 bits per heavy atom. The molecule has 188 valence electrons. The van der Waals surface area contributed by atoms with Gasteiger partial charge in [0.25, 0.3) is 11.1 Å². The number of hydrogen-bond acceptors (Lipinski definition) is 14. The monoisotopic (exact) mass is 482 g/mol. The molecule has 0 saturated heterocycles. The van der Waals surface area contributed by atoms with E-state index in [0.29, 0.717) is 24.7 Å². The summed E-state index contributed by atoms with van der Waals surface area (Å²) in [5.74, 6) is 0.746. The Morgan fingerprint density at radius 1 is 0.765 bits per heavy atom. The molecule has 6 atom stereocenters. The standard InChI is InChI=1S/2C9H15N5O3/c2*1-3(15)6(16)4-2-11-7-5(12-4)8(17)14-9(10)13-7/h2*3-4,6,12,15-16H,2H2,1H3,(H4,10,11,13,14,17)/t3-,4+,6-;3-,4-,6-/m00/s1. The minimum Gasteiger partial charge on any atom is -0.391 e. The van der Waals surface area contributed by atoms with E-state index < -0.39 is 47.6 Å². The fourth-order valence-electron chi connectivity index (χ4n) is 3.48. The van der Waals surface area contributed by atoms with E-state index in [1.807, 2.05) is 0 Å². The summed E-state index contributed by atoms with van der Waals surface area (Å²) in [4.78, 5) is 35.7. The second-order valence-electron chi connectivity index (χ2n) is 8.08. The number of hydrogen-bond donors (Lipinski definition) is 12. The maximum absolute atomic E-state index is 11.6. The van der Waals surface area contributed by atoms with Gasteiger partial charge in [-0.25, -0.2) is 0 Å². The number of anilines is 6. The lowest BCUT2D eigenvalue weighted by Crippen LogP contribution is -2.48. The molecule has 0 aliphatic carbocycles. The highest BCUT2D eigenvalue weighted by Gasteiger charge is 2.30. The summed E-state index contributed by atoms with van der Waals surface area (Å²) >= 11 is 0.